The smallest absolute Gasteiger partial charge is 0.313 e. The highest BCUT2D eigenvalue weighted by molar-refractivity contribution is 8.14. The van der Waals surface area contributed by atoms with Crippen LogP contribution in [0.1, 0.15) is 48.1 Å². The number of thioether (sulfide) groups is 1. The molecule has 4 aromatic carbocycles. The van der Waals surface area contributed by atoms with Crippen LogP contribution in [0.4, 0.5) is 5.69 Å². The first-order valence-electron chi connectivity index (χ1n) is 14.1. The highest BCUT2D eigenvalue weighted by atomic mass is 32.2. The third-order valence-electron chi connectivity index (χ3n) is 7.38. The first-order valence-corrected chi connectivity index (χ1v) is 15.1. The Morgan fingerprint density at radius 1 is 0.884 bits per heavy atom. The highest BCUT2D eigenvalue weighted by Crippen LogP contribution is 2.32. The van der Waals surface area contributed by atoms with Crippen molar-refractivity contribution in [3.8, 4) is 0 Å². The van der Waals surface area contributed by atoms with E-state index in [4.69, 9.17) is 5.11 Å². The molecule has 0 bridgehead atoms. The van der Waals surface area contributed by atoms with Crippen molar-refractivity contribution in [2.45, 2.75) is 25.8 Å². The minimum atomic E-state index is -0.963. The van der Waals surface area contributed by atoms with E-state index in [0.29, 0.717) is 5.17 Å². The van der Waals surface area contributed by atoms with E-state index in [1.54, 1.807) is 6.08 Å². The second-order valence-corrected chi connectivity index (χ2v) is 11.4. The summed E-state index contributed by atoms with van der Waals surface area (Å²) >= 11 is 0.985. The number of hydrogen-bond donors (Lipinski definition) is 3. The molecule has 0 radical (unpaired) electrons. The summed E-state index contributed by atoms with van der Waals surface area (Å²) in [5.41, 5.74) is 7.59. The Balaban J connectivity index is 1.32. The van der Waals surface area contributed by atoms with Gasteiger partial charge in [0.15, 0.2) is 5.17 Å². The second-order valence-electron chi connectivity index (χ2n) is 10.4. The van der Waals surface area contributed by atoms with E-state index >= 15 is 0 Å². The maximum absolute atomic E-state index is 12.2. The SMILES string of the molecule is CCC(C)(Nc1ccc(/C=C2\N=C(SCC(=O)O)NC2=O)cc1)c1ccc(C=C(c2ccccc2)c2ccccc2)cc1. The van der Waals surface area contributed by atoms with Crippen molar-refractivity contribution in [2.75, 3.05) is 11.1 Å². The van der Waals surface area contributed by atoms with Crippen LogP contribution in [0.15, 0.2) is 120 Å². The maximum atomic E-state index is 12.2. The third-order valence-corrected chi connectivity index (χ3v) is 8.24. The standard InChI is InChI=1S/C36H33N3O3S/c1-3-36(2,39-30-20-16-26(17-21-30)23-32-34(42)38-35(37-32)43-24-33(40)41)29-18-14-25(15-19-29)22-31(27-10-6-4-7-11-27)28-12-8-5-9-13-28/h4-23,39H,3,24H2,1-2H3,(H,40,41)(H,37,38,42)/b32-23-. The van der Waals surface area contributed by atoms with Gasteiger partial charge in [0, 0.05) is 5.69 Å². The summed E-state index contributed by atoms with van der Waals surface area (Å²) in [5, 5.41) is 15.4. The average Bonchev–Trinajstić information content (AvgIpc) is 3.39. The third kappa shape index (κ3) is 7.50. The highest BCUT2D eigenvalue weighted by Gasteiger charge is 2.24. The number of nitrogens with zero attached hydrogens (tertiary/aromatic N) is 1. The molecule has 7 heteroatoms. The van der Waals surface area contributed by atoms with Gasteiger partial charge in [-0.15, -0.1) is 0 Å². The Morgan fingerprint density at radius 3 is 2.02 bits per heavy atom. The molecule has 1 aliphatic rings. The molecule has 3 N–H and O–H groups in total. The molecule has 6 nitrogen and oxygen atoms in total. The number of carboxylic acids is 1. The van der Waals surface area contributed by atoms with Gasteiger partial charge in [-0.2, -0.15) is 0 Å². The Kier molecular flexibility index (Phi) is 9.23. The van der Waals surface area contributed by atoms with Crippen LogP contribution in [0.3, 0.4) is 0 Å². The summed E-state index contributed by atoms with van der Waals surface area (Å²) in [6.45, 7) is 4.36. The number of carboxylic acid groups (broad SMARTS) is 1. The fourth-order valence-electron chi connectivity index (χ4n) is 4.83. The summed E-state index contributed by atoms with van der Waals surface area (Å²) in [7, 11) is 0. The van der Waals surface area contributed by atoms with Crippen molar-refractivity contribution in [1.82, 2.24) is 5.32 Å². The molecule has 1 aliphatic heterocycles. The number of anilines is 1. The lowest BCUT2D eigenvalue weighted by Crippen LogP contribution is -2.31. The van der Waals surface area contributed by atoms with Gasteiger partial charge >= 0.3 is 5.97 Å². The quantitative estimate of drug-likeness (QED) is 0.131. The Labute approximate surface area is 256 Å². The minimum Gasteiger partial charge on any atom is -0.481 e. The lowest BCUT2D eigenvalue weighted by molar-refractivity contribution is -0.133. The second kappa shape index (κ2) is 13.4. The molecule has 1 unspecified atom stereocenters. The molecule has 4 aromatic rings. The van der Waals surface area contributed by atoms with Crippen molar-refractivity contribution in [1.29, 1.82) is 0 Å². The van der Waals surface area contributed by atoms with Crippen LogP contribution in [-0.4, -0.2) is 27.9 Å². The van der Waals surface area contributed by atoms with Gasteiger partial charge in [-0.1, -0.05) is 116 Å². The molecular formula is C36H33N3O3S. The van der Waals surface area contributed by atoms with Gasteiger partial charge in [-0.05, 0) is 71.0 Å². The summed E-state index contributed by atoms with van der Waals surface area (Å²) in [6.07, 6.45) is 4.80. The average molecular weight is 588 g/mol. The van der Waals surface area contributed by atoms with Gasteiger partial charge in [0.25, 0.3) is 5.91 Å². The van der Waals surface area contributed by atoms with Crippen LogP contribution >= 0.6 is 11.8 Å². The Hall–Kier alpha value is -4.88. The lowest BCUT2D eigenvalue weighted by Gasteiger charge is -2.32. The minimum absolute atomic E-state index is 0.162. The van der Waals surface area contributed by atoms with Crippen LogP contribution < -0.4 is 10.6 Å². The number of aliphatic imine (C=N–C) groups is 1. The molecule has 1 amide bonds. The largest absolute Gasteiger partial charge is 0.481 e. The van der Waals surface area contributed by atoms with E-state index in [-0.39, 0.29) is 22.9 Å². The molecular weight excluding hydrogens is 554 g/mol. The van der Waals surface area contributed by atoms with Crippen LogP contribution in [0, 0.1) is 0 Å². The number of carbonyl (C=O) groups excluding carboxylic acids is 1. The zero-order valence-corrected chi connectivity index (χ0v) is 24.9. The molecule has 0 saturated carbocycles. The summed E-state index contributed by atoms with van der Waals surface area (Å²) < 4.78 is 0. The number of rotatable bonds is 10. The van der Waals surface area contributed by atoms with Crippen molar-refractivity contribution in [2.24, 2.45) is 4.99 Å². The number of benzene rings is 4. The lowest BCUT2D eigenvalue weighted by atomic mass is 9.88. The molecule has 0 saturated heterocycles. The summed E-state index contributed by atoms with van der Waals surface area (Å²) in [6, 6.07) is 37.4. The normalized spacial score (nSPS) is 14.9. The van der Waals surface area contributed by atoms with Crippen molar-refractivity contribution >= 4 is 52.2 Å². The van der Waals surface area contributed by atoms with E-state index in [2.05, 4.69) is 108 Å². The van der Waals surface area contributed by atoms with E-state index in [1.165, 1.54) is 22.3 Å². The van der Waals surface area contributed by atoms with Crippen LogP contribution in [-0.2, 0) is 15.1 Å². The first-order chi connectivity index (χ1) is 20.8. The topological polar surface area (TPSA) is 90.8 Å². The number of nitrogens with one attached hydrogen (secondary N) is 2. The molecule has 1 heterocycles. The Morgan fingerprint density at radius 2 is 1.47 bits per heavy atom. The van der Waals surface area contributed by atoms with Crippen LogP contribution in [0.5, 0.6) is 0 Å². The number of amidine groups is 1. The van der Waals surface area contributed by atoms with E-state index in [0.717, 1.165) is 35.0 Å². The zero-order chi connectivity index (χ0) is 30.2. The van der Waals surface area contributed by atoms with E-state index < -0.39 is 5.97 Å². The van der Waals surface area contributed by atoms with Crippen LogP contribution in [0.2, 0.25) is 0 Å². The fraction of sp³-hybridized carbons (Fsp3) is 0.139. The van der Waals surface area contributed by atoms with E-state index in [9.17, 15) is 9.59 Å². The van der Waals surface area contributed by atoms with Gasteiger partial charge in [0.05, 0.1) is 11.3 Å². The predicted molar refractivity (Wildman–Crippen MR) is 178 cm³/mol. The fourth-order valence-corrected chi connectivity index (χ4v) is 5.42. The van der Waals surface area contributed by atoms with Crippen molar-refractivity contribution in [3.63, 3.8) is 0 Å². The van der Waals surface area contributed by atoms with Crippen LogP contribution in [0.25, 0.3) is 17.7 Å². The van der Waals surface area contributed by atoms with Crippen molar-refractivity contribution in [3.05, 3.63) is 143 Å². The number of hydrogen-bond acceptors (Lipinski definition) is 5. The molecule has 0 fully saturated rings. The van der Waals surface area contributed by atoms with E-state index in [1.807, 2.05) is 36.4 Å². The van der Waals surface area contributed by atoms with Gasteiger partial charge in [-0.3, -0.25) is 14.9 Å². The number of amides is 1. The van der Waals surface area contributed by atoms with Gasteiger partial charge < -0.3 is 10.4 Å². The molecule has 1 atom stereocenters. The van der Waals surface area contributed by atoms with Gasteiger partial charge in [0.2, 0.25) is 0 Å². The molecule has 0 spiro atoms. The molecule has 0 aromatic heterocycles. The number of carbonyl (C=O) groups is 2. The molecule has 0 aliphatic carbocycles. The monoisotopic (exact) mass is 587 g/mol. The molecule has 43 heavy (non-hydrogen) atoms. The van der Waals surface area contributed by atoms with Gasteiger partial charge in [0.1, 0.15) is 5.70 Å². The molecule has 216 valence electrons. The van der Waals surface area contributed by atoms with Crippen molar-refractivity contribution < 1.29 is 14.7 Å². The first kappa shape index (κ1) is 29.6. The summed E-state index contributed by atoms with van der Waals surface area (Å²) in [4.78, 5) is 27.3. The Bertz CT molecular complexity index is 1640. The van der Waals surface area contributed by atoms with Gasteiger partial charge in [-0.25, -0.2) is 4.99 Å². The molecule has 5 rings (SSSR count). The zero-order valence-electron chi connectivity index (χ0n) is 24.1. The maximum Gasteiger partial charge on any atom is 0.313 e. The predicted octanol–water partition coefficient (Wildman–Crippen LogP) is 7.66. The number of aliphatic carboxylic acids is 1. The summed E-state index contributed by atoms with van der Waals surface area (Å²) in [5.74, 6) is -1.47.